The van der Waals surface area contributed by atoms with Crippen molar-refractivity contribution in [2.45, 2.75) is 12.6 Å². The van der Waals surface area contributed by atoms with Crippen molar-refractivity contribution in [3.05, 3.63) is 42.7 Å². The van der Waals surface area contributed by atoms with E-state index in [-0.39, 0.29) is 24.0 Å². The van der Waals surface area contributed by atoms with Gasteiger partial charge in [-0.25, -0.2) is 0 Å². The predicted molar refractivity (Wildman–Crippen MR) is 107 cm³/mol. The molecule has 22 heavy (non-hydrogen) atoms. The van der Waals surface area contributed by atoms with Crippen molar-refractivity contribution in [1.29, 1.82) is 0 Å². The van der Waals surface area contributed by atoms with Crippen LogP contribution in [0.15, 0.2) is 29.3 Å². The molecule has 0 amide bonds. The monoisotopic (exact) mass is 491 g/mol. The van der Waals surface area contributed by atoms with Crippen molar-refractivity contribution >= 4 is 75.8 Å². The molecule has 9 heteroatoms. The Hall–Kier alpha value is -0.0600. The van der Waals surface area contributed by atoms with Crippen molar-refractivity contribution in [1.82, 2.24) is 10.6 Å². The Bertz CT molecular complexity index is 618. The van der Waals surface area contributed by atoms with Gasteiger partial charge in [-0.05, 0) is 24.3 Å². The van der Waals surface area contributed by atoms with Crippen molar-refractivity contribution in [2.24, 2.45) is 4.99 Å². The molecule has 0 radical (unpaired) electrons. The number of aliphatic hydroxyl groups excluding tert-OH is 1. The smallest absolute Gasteiger partial charge is 0.191 e. The average molecular weight is 492 g/mol. The molecule has 0 bridgehead atoms. The van der Waals surface area contributed by atoms with Gasteiger partial charge in [0.15, 0.2) is 5.96 Å². The van der Waals surface area contributed by atoms with Gasteiger partial charge < -0.3 is 15.7 Å². The number of aliphatic imine (C=N–C) groups is 1. The van der Waals surface area contributed by atoms with Crippen LogP contribution in [-0.2, 0) is 6.54 Å². The van der Waals surface area contributed by atoms with Crippen LogP contribution in [0.3, 0.4) is 0 Å². The molecule has 1 unspecified atom stereocenters. The number of guanidine groups is 1. The van der Waals surface area contributed by atoms with Gasteiger partial charge >= 0.3 is 0 Å². The zero-order chi connectivity index (χ0) is 15.2. The number of nitrogens with zero attached hydrogens (tertiary/aromatic N) is 1. The van der Waals surface area contributed by atoms with Crippen LogP contribution in [0.2, 0.25) is 8.67 Å². The lowest BCUT2D eigenvalue weighted by molar-refractivity contribution is 0.184. The van der Waals surface area contributed by atoms with E-state index in [9.17, 15) is 5.11 Å². The fourth-order valence-electron chi connectivity index (χ4n) is 1.64. The summed E-state index contributed by atoms with van der Waals surface area (Å²) in [7, 11) is 1.69. The van der Waals surface area contributed by atoms with Crippen LogP contribution in [0, 0.1) is 0 Å². The molecule has 0 saturated carbocycles. The third-order valence-electron chi connectivity index (χ3n) is 2.67. The van der Waals surface area contributed by atoms with E-state index < -0.39 is 6.10 Å². The lowest BCUT2D eigenvalue weighted by atomic mass is 10.3. The zero-order valence-corrected chi connectivity index (χ0v) is 17.2. The van der Waals surface area contributed by atoms with Gasteiger partial charge in [0.05, 0.1) is 15.2 Å². The van der Waals surface area contributed by atoms with Gasteiger partial charge in [0.25, 0.3) is 0 Å². The minimum Gasteiger partial charge on any atom is -0.386 e. The largest absolute Gasteiger partial charge is 0.386 e. The van der Waals surface area contributed by atoms with Crippen LogP contribution in [0.1, 0.15) is 15.9 Å². The number of rotatable bonds is 5. The molecule has 122 valence electrons. The minimum atomic E-state index is -0.614. The third-order valence-corrected chi connectivity index (χ3v) is 5.23. The summed E-state index contributed by atoms with van der Waals surface area (Å²) in [6.45, 7) is 1.000. The zero-order valence-electron chi connectivity index (χ0n) is 11.7. The van der Waals surface area contributed by atoms with E-state index in [1.54, 1.807) is 13.1 Å². The predicted octanol–water partition coefficient (Wildman–Crippen LogP) is 4.13. The van der Waals surface area contributed by atoms with E-state index in [4.69, 9.17) is 23.2 Å². The Morgan fingerprint density at radius 3 is 2.41 bits per heavy atom. The highest BCUT2D eigenvalue weighted by Gasteiger charge is 2.11. The standard InChI is InChI=1S/C13H15Cl2N3OS2.HI/c1-16-13(17-6-8-2-4-11(14)20-8)18-7-9(19)10-3-5-12(15)21-10;/h2-5,9,19H,6-7H2,1H3,(H2,16,17,18);1H. The molecule has 0 fully saturated rings. The van der Waals surface area contributed by atoms with Gasteiger partial charge in [0.2, 0.25) is 0 Å². The summed E-state index contributed by atoms with van der Waals surface area (Å²) in [6, 6.07) is 7.43. The summed E-state index contributed by atoms with van der Waals surface area (Å²) in [6.07, 6.45) is -0.614. The second-order valence-electron chi connectivity index (χ2n) is 4.17. The first kappa shape index (κ1) is 20.0. The molecule has 0 saturated heterocycles. The van der Waals surface area contributed by atoms with Crippen molar-refractivity contribution in [3.8, 4) is 0 Å². The summed E-state index contributed by atoms with van der Waals surface area (Å²) >= 11 is 14.6. The van der Waals surface area contributed by atoms with E-state index in [0.717, 1.165) is 14.1 Å². The molecule has 2 aromatic heterocycles. The first-order valence-corrected chi connectivity index (χ1v) is 8.59. The molecule has 2 aromatic rings. The van der Waals surface area contributed by atoms with Gasteiger partial charge in [-0.2, -0.15) is 0 Å². The Labute approximate surface area is 164 Å². The van der Waals surface area contributed by atoms with Crippen LogP contribution in [-0.4, -0.2) is 24.7 Å². The molecule has 0 aliphatic heterocycles. The summed E-state index contributed by atoms with van der Waals surface area (Å²) in [5.41, 5.74) is 0. The van der Waals surface area contributed by atoms with E-state index in [1.165, 1.54) is 22.7 Å². The molecular formula is C13H16Cl2IN3OS2. The first-order chi connectivity index (χ1) is 10.1. The van der Waals surface area contributed by atoms with Crippen LogP contribution >= 0.6 is 69.9 Å². The topological polar surface area (TPSA) is 56.7 Å². The highest BCUT2D eigenvalue weighted by Crippen LogP contribution is 2.26. The molecule has 0 spiro atoms. The van der Waals surface area contributed by atoms with E-state index >= 15 is 0 Å². The molecule has 0 aliphatic rings. The Balaban J connectivity index is 0.00000242. The van der Waals surface area contributed by atoms with Crippen molar-refractivity contribution in [3.63, 3.8) is 0 Å². The number of thiophene rings is 2. The summed E-state index contributed by atoms with van der Waals surface area (Å²) < 4.78 is 1.43. The molecule has 0 aromatic carbocycles. The van der Waals surface area contributed by atoms with Gasteiger partial charge in [-0.1, -0.05) is 23.2 Å². The van der Waals surface area contributed by atoms with Crippen LogP contribution in [0.4, 0.5) is 0 Å². The second kappa shape index (κ2) is 9.94. The van der Waals surface area contributed by atoms with Crippen LogP contribution < -0.4 is 10.6 Å². The molecule has 3 N–H and O–H groups in total. The normalized spacial score (nSPS) is 12.6. The Kier molecular flexibility index (Phi) is 9.03. The number of hydrogen-bond acceptors (Lipinski definition) is 4. The van der Waals surface area contributed by atoms with Crippen molar-refractivity contribution in [2.75, 3.05) is 13.6 Å². The Morgan fingerprint density at radius 2 is 1.86 bits per heavy atom. The van der Waals surface area contributed by atoms with E-state index in [0.29, 0.717) is 23.4 Å². The maximum atomic E-state index is 10.1. The first-order valence-electron chi connectivity index (χ1n) is 6.20. The summed E-state index contributed by atoms with van der Waals surface area (Å²) in [4.78, 5) is 6.06. The summed E-state index contributed by atoms with van der Waals surface area (Å²) in [5, 5.41) is 16.3. The third kappa shape index (κ3) is 6.21. The van der Waals surface area contributed by atoms with Gasteiger partial charge in [-0.15, -0.1) is 46.7 Å². The van der Waals surface area contributed by atoms with Crippen molar-refractivity contribution < 1.29 is 5.11 Å². The highest BCUT2D eigenvalue weighted by molar-refractivity contribution is 14.0. The molecule has 1 atom stereocenters. The molecule has 4 nitrogen and oxygen atoms in total. The molecule has 2 heterocycles. The van der Waals surface area contributed by atoms with Gasteiger partial charge in [-0.3, -0.25) is 4.99 Å². The molecule has 2 rings (SSSR count). The summed E-state index contributed by atoms with van der Waals surface area (Å²) in [5.74, 6) is 0.626. The quantitative estimate of drug-likeness (QED) is 0.335. The number of halogens is 3. The molecule has 0 aliphatic carbocycles. The SMILES string of the molecule is CN=C(NCc1ccc(Cl)s1)NCC(O)c1ccc(Cl)s1.I. The lowest BCUT2D eigenvalue weighted by Crippen LogP contribution is -2.38. The molecular weight excluding hydrogens is 476 g/mol. The lowest BCUT2D eigenvalue weighted by Gasteiger charge is -2.14. The number of nitrogens with one attached hydrogen (secondary N) is 2. The number of aliphatic hydroxyl groups is 1. The van der Waals surface area contributed by atoms with Gasteiger partial charge in [0.1, 0.15) is 6.10 Å². The number of hydrogen-bond donors (Lipinski definition) is 3. The van der Waals surface area contributed by atoms with Crippen LogP contribution in [0.5, 0.6) is 0 Å². The van der Waals surface area contributed by atoms with E-state index in [2.05, 4.69) is 15.6 Å². The second-order valence-corrected chi connectivity index (χ2v) is 7.72. The highest BCUT2D eigenvalue weighted by atomic mass is 127. The Morgan fingerprint density at radius 1 is 1.18 bits per heavy atom. The maximum Gasteiger partial charge on any atom is 0.191 e. The van der Waals surface area contributed by atoms with Gasteiger partial charge in [0, 0.05) is 23.3 Å². The van der Waals surface area contributed by atoms with E-state index in [1.807, 2.05) is 18.2 Å². The van der Waals surface area contributed by atoms with Crippen LogP contribution in [0.25, 0.3) is 0 Å². The fourth-order valence-corrected chi connectivity index (χ4v) is 3.71. The fraction of sp³-hybridized carbons (Fsp3) is 0.308. The minimum absolute atomic E-state index is 0. The average Bonchev–Trinajstić information content (AvgIpc) is 3.07. The maximum absolute atomic E-state index is 10.1.